The molecule has 1 spiro atoms. The Morgan fingerprint density at radius 3 is 2.34 bits per heavy atom. The van der Waals surface area contributed by atoms with Gasteiger partial charge in [0.1, 0.15) is 24.2 Å². The molecule has 0 aromatic heterocycles. The average Bonchev–Trinajstić information content (AvgIpc) is 3.71. The quantitative estimate of drug-likeness (QED) is 0.475. The minimum absolute atomic E-state index is 0.0924. The first-order valence-corrected chi connectivity index (χ1v) is 13.3. The van der Waals surface area contributed by atoms with Crippen molar-refractivity contribution in [1.29, 1.82) is 0 Å². The lowest BCUT2D eigenvalue weighted by molar-refractivity contribution is -0.473. The van der Waals surface area contributed by atoms with Crippen molar-refractivity contribution in [3.05, 3.63) is 29.8 Å². The summed E-state index contributed by atoms with van der Waals surface area (Å²) in [7, 11) is 0. The molecule has 3 fully saturated rings. The molecule has 3 aliphatic heterocycles. The highest BCUT2D eigenvalue weighted by Crippen LogP contribution is 2.54. The van der Waals surface area contributed by atoms with Gasteiger partial charge in [-0.2, -0.15) is 5.06 Å². The van der Waals surface area contributed by atoms with E-state index in [4.69, 9.17) is 23.8 Å². The molecule has 0 radical (unpaired) electrons. The molecule has 3 saturated heterocycles. The lowest BCUT2D eigenvalue weighted by Gasteiger charge is -2.64. The Bertz CT molecular complexity index is 834. The average molecular weight is 492 g/mol. The minimum atomic E-state index is -0.675. The molecule has 4 rings (SSSR count). The lowest BCUT2D eigenvalue weighted by Crippen LogP contribution is -2.74. The Morgan fingerprint density at radius 2 is 1.80 bits per heavy atom. The molecule has 1 N–H and O–H groups in total. The van der Waals surface area contributed by atoms with Gasteiger partial charge in [0, 0.05) is 17.8 Å². The zero-order valence-corrected chi connectivity index (χ0v) is 22.5. The number of aliphatic hydroxyl groups excluding tert-OH is 1. The number of hydroxylamine groups is 2. The number of hydrogen-bond acceptors (Lipinski definition) is 7. The molecule has 3 aliphatic rings. The van der Waals surface area contributed by atoms with Gasteiger partial charge in [0.05, 0.1) is 32.0 Å². The monoisotopic (exact) mass is 491 g/mol. The Morgan fingerprint density at radius 1 is 1.09 bits per heavy atom. The predicted octanol–water partition coefficient (Wildman–Crippen LogP) is 4.71. The van der Waals surface area contributed by atoms with Gasteiger partial charge in [0.2, 0.25) is 0 Å². The second kappa shape index (κ2) is 10.3. The minimum Gasteiger partial charge on any atom is -0.491 e. The molecule has 0 bridgehead atoms. The summed E-state index contributed by atoms with van der Waals surface area (Å²) in [6, 6.07) is 8.23. The molecule has 0 aliphatic carbocycles. The summed E-state index contributed by atoms with van der Waals surface area (Å²) >= 11 is 0. The molecule has 1 aromatic rings. The van der Waals surface area contributed by atoms with E-state index in [1.807, 2.05) is 12.1 Å². The summed E-state index contributed by atoms with van der Waals surface area (Å²) in [5, 5.41) is 12.0. The summed E-state index contributed by atoms with van der Waals surface area (Å²) in [4.78, 5) is 6.55. The van der Waals surface area contributed by atoms with Gasteiger partial charge in [0.15, 0.2) is 5.79 Å². The molecule has 7 nitrogen and oxygen atoms in total. The van der Waals surface area contributed by atoms with Crippen molar-refractivity contribution in [3.63, 3.8) is 0 Å². The van der Waals surface area contributed by atoms with Crippen molar-refractivity contribution in [2.45, 2.75) is 96.8 Å². The number of ether oxygens (including phenoxy) is 4. The van der Waals surface area contributed by atoms with E-state index in [2.05, 4.69) is 58.7 Å². The fourth-order valence-corrected chi connectivity index (χ4v) is 5.47. The lowest BCUT2D eigenvalue weighted by atomic mass is 9.70. The first kappa shape index (κ1) is 26.8. The van der Waals surface area contributed by atoms with Gasteiger partial charge in [-0.15, -0.1) is 0 Å². The number of epoxide rings is 1. The fourth-order valence-electron chi connectivity index (χ4n) is 5.47. The highest BCUT2D eigenvalue weighted by molar-refractivity contribution is 5.27. The van der Waals surface area contributed by atoms with E-state index in [-0.39, 0.29) is 29.6 Å². The van der Waals surface area contributed by atoms with E-state index < -0.39 is 11.5 Å². The number of rotatable bonds is 10. The third-order valence-electron chi connectivity index (χ3n) is 8.75. The first-order chi connectivity index (χ1) is 16.6. The van der Waals surface area contributed by atoms with Crippen LogP contribution in [0.5, 0.6) is 5.75 Å². The number of hydrogen-bond donors (Lipinski definition) is 1. The molecule has 6 unspecified atom stereocenters. The molecule has 3 heterocycles. The summed E-state index contributed by atoms with van der Waals surface area (Å²) in [6.07, 6.45) is 4.39. The van der Waals surface area contributed by atoms with Crippen LogP contribution in [0.25, 0.3) is 0 Å². The molecule has 0 saturated carbocycles. The molecule has 198 valence electrons. The molecular weight excluding hydrogens is 446 g/mol. The van der Waals surface area contributed by atoms with Crippen LogP contribution < -0.4 is 4.74 Å². The van der Waals surface area contributed by atoms with E-state index in [1.54, 1.807) is 0 Å². The maximum absolute atomic E-state index is 9.84. The van der Waals surface area contributed by atoms with Crippen LogP contribution in [0.1, 0.15) is 72.8 Å². The van der Waals surface area contributed by atoms with E-state index >= 15 is 0 Å². The van der Waals surface area contributed by atoms with Crippen LogP contribution in [-0.2, 0) is 25.5 Å². The Labute approximate surface area is 211 Å². The van der Waals surface area contributed by atoms with Crippen molar-refractivity contribution in [2.24, 2.45) is 11.3 Å². The Balaban J connectivity index is 1.43. The fraction of sp³-hybridized carbons (Fsp3) is 0.786. The maximum Gasteiger partial charge on any atom is 0.175 e. The Hall–Kier alpha value is -1.22. The maximum atomic E-state index is 9.84. The van der Waals surface area contributed by atoms with Crippen molar-refractivity contribution >= 4 is 0 Å². The van der Waals surface area contributed by atoms with Crippen molar-refractivity contribution in [2.75, 3.05) is 33.0 Å². The second-order valence-corrected chi connectivity index (χ2v) is 11.4. The molecule has 1 aromatic carbocycles. The summed E-state index contributed by atoms with van der Waals surface area (Å²) < 4.78 is 24.3. The normalized spacial score (nSPS) is 39.6. The van der Waals surface area contributed by atoms with Gasteiger partial charge in [-0.3, -0.25) is 4.84 Å². The van der Waals surface area contributed by atoms with Crippen LogP contribution in [0.2, 0.25) is 0 Å². The Kier molecular flexibility index (Phi) is 7.87. The summed E-state index contributed by atoms with van der Waals surface area (Å²) in [6.45, 7) is 15.7. The van der Waals surface area contributed by atoms with Crippen LogP contribution in [-0.4, -0.2) is 66.4 Å². The molecule has 6 atom stereocenters. The van der Waals surface area contributed by atoms with Crippen LogP contribution in [0.15, 0.2) is 24.3 Å². The van der Waals surface area contributed by atoms with E-state index in [1.165, 1.54) is 5.56 Å². The van der Waals surface area contributed by atoms with Crippen molar-refractivity contribution in [3.8, 4) is 5.75 Å². The SMILES string of the molecule is CCC1(C)OC2(CCC(C)(CO)CO2)C(C)C(C)(CC)N1OCCc1ccc(OCC2CO2)cc1. The van der Waals surface area contributed by atoms with E-state index in [0.717, 1.165) is 44.5 Å². The molecule has 0 amide bonds. The van der Waals surface area contributed by atoms with Gasteiger partial charge in [-0.05, 0) is 57.2 Å². The van der Waals surface area contributed by atoms with Crippen molar-refractivity contribution in [1.82, 2.24) is 5.06 Å². The zero-order valence-electron chi connectivity index (χ0n) is 22.5. The highest BCUT2D eigenvalue weighted by Gasteiger charge is 2.63. The summed E-state index contributed by atoms with van der Waals surface area (Å²) in [5.41, 5.74) is 0.114. The zero-order chi connectivity index (χ0) is 25.3. The topological polar surface area (TPSA) is 72.9 Å². The van der Waals surface area contributed by atoms with Gasteiger partial charge in [-0.1, -0.05) is 39.8 Å². The molecule has 7 heteroatoms. The van der Waals surface area contributed by atoms with Crippen molar-refractivity contribution < 1.29 is 28.9 Å². The third kappa shape index (κ3) is 5.41. The van der Waals surface area contributed by atoms with E-state index in [0.29, 0.717) is 19.8 Å². The van der Waals surface area contributed by atoms with E-state index in [9.17, 15) is 5.11 Å². The van der Waals surface area contributed by atoms with Crippen LogP contribution in [0, 0.1) is 11.3 Å². The van der Waals surface area contributed by atoms with Gasteiger partial charge < -0.3 is 24.1 Å². The third-order valence-corrected chi connectivity index (χ3v) is 8.75. The van der Waals surface area contributed by atoms with Crippen LogP contribution in [0.4, 0.5) is 0 Å². The summed E-state index contributed by atoms with van der Waals surface area (Å²) in [5.74, 6) is 0.288. The van der Waals surface area contributed by atoms with Gasteiger partial charge in [0.25, 0.3) is 0 Å². The van der Waals surface area contributed by atoms with Gasteiger partial charge in [-0.25, -0.2) is 0 Å². The number of aliphatic hydroxyl groups is 1. The number of benzene rings is 1. The van der Waals surface area contributed by atoms with Gasteiger partial charge >= 0.3 is 0 Å². The molecule has 35 heavy (non-hydrogen) atoms. The highest BCUT2D eigenvalue weighted by atomic mass is 16.8. The van der Waals surface area contributed by atoms with Crippen LogP contribution >= 0.6 is 0 Å². The first-order valence-electron chi connectivity index (χ1n) is 13.3. The van der Waals surface area contributed by atoms with Crippen LogP contribution in [0.3, 0.4) is 0 Å². The number of nitrogens with zero attached hydrogens (tertiary/aromatic N) is 1. The molecular formula is C28H45NO6. The smallest absolute Gasteiger partial charge is 0.175 e. The predicted molar refractivity (Wildman–Crippen MR) is 134 cm³/mol. The second-order valence-electron chi connectivity index (χ2n) is 11.4. The standard InChI is InChI=1S/C28H45NO6/c1-7-26(5)21(3)28(15-14-25(4,19-30)20-33-28)35-27(6,8-2)29(26)34-16-13-22-9-11-23(12-10-22)31-17-24-18-32-24/h9-12,21,24,30H,7-8,13-20H2,1-6H3. The largest absolute Gasteiger partial charge is 0.491 e.